The van der Waals surface area contributed by atoms with Crippen LogP contribution >= 0.6 is 0 Å². The number of anilines is 1. The normalized spacial score (nSPS) is 19.8. The van der Waals surface area contributed by atoms with E-state index in [4.69, 9.17) is 22.6 Å². The molecule has 7 rings (SSSR count). The number of aromatic nitrogens is 3. The Labute approximate surface area is 269 Å². The summed E-state index contributed by atoms with van der Waals surface area (Å²) in [4.78, 5) is 15.8. The molecular weight excluding hydrogens is 586 g/mol. The van der Waals surface area contributed by atoms with Crippen molar-refractivity contribution >= 4 is 27.5 Å². The maximum Gasteiger partial charge on any atom is 0.319 e. The Morgan fingerprint density at radius 2 is 1.78 bits per heavy atom. The van der Waals surface area contributed by atoms with Crippen molar-refractivity contribution in [1.82, 2.24) is 19.9 Å². The average Bonchev–Trinajstić information content (AvgIpc) is 3.62. The lowest BCUT2D eigenvalue weighted by Gasteiger charge is -2.31. The molecule has 4 aromatic rings. The Balaban J connectivity index is 0.000000462. The van der Waals surface area contributed by atoms with Crippen LogP contribution in [0.1, 0.15) is 77.5 Å². The van der Waals surface area contributed by atoms with Gasteiger partial charge in [-0.1, -0.05) is 39.7 Å². The van der Waals surface area contributed by atoms with E-state index in [0.29, 0.717) is 35.5 Å². The molecule has 0 amide bonds. The number of hydrogen-bond donors (Lipinski definition) is 3. The molecule has 3 aliphatic rings. The third-order valence-electron chi connectivity index (χ3n) is 9.34. The minimum Gasteiger partial charge on any atom is -0.508 e. The first kappa shape index (κ1) is 33.3. The number of phenolic OH excluding ortho intramolecular Hbond substituents is 1. The van der Waals surface area contributed by atoms with E-state index in [-0.39, 0.29) is 50.8 Å². The number of nitrogen functional groups attached to an aromatic ring is 1. The fraction of sp³-hybridized carbons (Fsp3) is 0.472. The molecule has 244 valence electrons. The van der Waals surface area contributed by atoms with Crippen LogP contribution in [0.15, 0.2) is 24.3 Å². The largest absolute Gasteiger partial charge is 0.508 e. The summed E-state index contributed by atoms with van der Waals surface area (Å²) in [6.07, 6.45) is 12.8. The molecule has 10 heteroatoms. The minimum atomic E-state index is -0.781. The zero-order valence-electron chi connectivity index (χ0n) is 27.2. The SMILES string of the molecule is C#Cc1c(F)ccc2cc(O)cc(-c3nc(CC)c4c(N)nc(OCC56CCCN5CCC6)nc4c3F)c12.CC.CC1CC(N)C1. The second kappa shape index (κ2) is 13.7. The van der Waals surface area contributed by atoms with Gasteiger partial charge in [-0.3, -0.25) is 4.90 Å². The van der Waals surface area contributed by atoms with E-state index in [9.17, 15) is 9.50 Å². The highest BCUT2D eigenvalue weighted by molar-refractivity contribution is 6.03. The molecule has 46 heavy (non-hydrogen) atoms. The Morgan fingerprint density at radius 1 is 1.09 bits per heavy atom. The number of nitrogens with two attached hydrogens (primary N) is 2. The lowest BCUT2D eigenvalue weighted by molar-refractivity contribution is 0.108. The van der Waals surface area contributed by atoms with Gasteiger partial charge in [-0.05, 0) is 87.5 Å². The van der Waals surface area contributed by atoms with Crippen LogP contribution in [0.5, 0.6) is 11.8 Å². The van der Waals surface area contributed by atoms with E-state index >= 15 is 4.39 Å². The molecule has 2 saturated heterocycles. The second-order valence-electron chi connectivity index (χ2n) is 12.4. The second-order valence-corrected chi connectivity index (χ2v) is 12.4. The maximum absolute atomic E-state index is 16.3. The molecule has 2 aromatic heterocycles. The van der Waals surface area contributed by atoms with Gasteiger partial charge in [0.1, 0.15) is 35.2 Å². The summed E-state index contributed by atoms with van der Waals surface area (Å²) in [5.74, 6) is 1.80. The zero-order valence-corrected chi connectivity index (χ0v) is 27.2. The van der Waals surface area contributed by atoms with Gasteiger partial charge in [0.05, 0.1) is 22.2 Å². The Bertz CT molecular complexity index is 1770. The van der Waals surface area contributed by atoms with Gasteiger partial charge in [0, 0.05) is 17.0 Å². The molecule has 0 bridgehead atoms. The number of halogens is 2. The first-order valence-electron chi connectivity index (χ1n) is 16.3. The molecule has 1 aliphatic carbocycles. The molecule has 0 radical (unpaired) electrons. The van der Waals surface area contributed by atoms with Gasteiger partial charge in [-0.25, -0.2) is 13.8 Å². The van der Waals surface area contributed by atoms with Gasteiger partial charge in [0.25, 0.3) is 0 Å². The number of fused-ring (bicyclic) bond motifs is 3. The molecule has 1 saturated carbocycles. The predicted molar refractivity (Wildman–Crippen MR) is 180 cm³/mol. The smallest absolute Gasteiger partial charge is 0.319 e. The lowest BCUT2D eigenvalue weighted by Crippen LogP contribution is -2.43. The first-order chi connectivity index (χ1) is 22.1. The van der Waals surface area contributed by atoms with Crippen LogP contribution in [-0.2, 0) is 6.42 Å². The van der Waals surface area contributed by atoms with Crippen molar-refractivity contribution < 1.29 is 18.6 Å². The van der Waals surface area contributed by atoms with Crippen molar-refractivity contribution in [2.75, 3.05) is 25.4 Å². The summed E-state index contributed by atoms with van der Waals surface area (Å²) in [7, 11) is 0. The highest BCUT2D eigenvalue weighted by Gasteiger charge is 2.45. The number of aryl methyl sites for hydroxylation is 1. The fourth-order valence-electron chi connectivity index (χ4n) is 7.13. The number of pyridine rings is 1. The summed E-state index contributed by atoms with van der Waals surface area (Å²) in [6, 6.07) is 6.01. The van der Waals surface area contributed by atoms with Gasteiger partial charge in [0.15, 0.2) is 5.82 Å². The highest BCUT2D eigenvalue weighted by Crippen LogP contribution is 2.41. The topological polar surface area (TPSA) is 123 Å². The number of ether oxygens (including phenoxy) is 1. The Kier molecular flexibility index (Phi) is 9.94. The van der Waals surface area contributed by atoms with Crippen molar-refractivity contribution in [3.8, 4) is 35.4 Å². The van der Waals surface area contributed by atoms with Crippen LogP contribution < -0.4 is 16.2 Å². The first-order valence-corrected chi connectivity index (χ1v) is 16.3. The van der Waals surface area contributed by atoms with Crippen molar-refractivity contribution in [3.05, 3.63) is 47.2 Å². The fourth-order valence-corrected chi connectivity index (χ4v) is 7.13. The van der Waals surface area contributed by atoms with E-state index < -0.39 is 11.6 Å². The molecule has 2 aliphatic heterocycles. The molecule has 0 atom stereocenters. The van der Waals surface area contributed by atoms with Crippen molar-refractivity contribution in [3.63, 3.8) is 0 Å². The van der Waals surface area contributed by atoms with Gasteiger partial charge >= 0.3 is 6.01 Å². The third kappa shape index (κ3) is 6.18. The number of hydrogen-bond acceptors (Lipinski definition) is 8. The molecule has 4 heterocycles. The Morgan fingerprint density at radius 3 is 2.37 bits per heavy atom. The monoisotopic (exact) mass is 630 g/mol. The molecular formula is C36H44F2N6O2. The van der Waals surface area contributed by atoms with E-state index in [2.05, 4.69) is 32.7 Å². The number of nitrogens with zero attached hydrogens (tertiary/aromatic N) is 4. The van der Waals surface area contributed by atoms with Crippen molar-refractivity contribution in [2.45, 2.75) is 84.2 Å². The Hall–Kier alpha value is -4.07. The predicted octanol–water partition coefficient (Wildman–Crippen LogP) is 6.73. The van der Waals surface area contributed by atoms with E-state index in [0.717, 1.165) is 44.7 Å². The molecule has 2 aromatic carbocycles. The number of terminal acetylenes is 1. The number of aromatic hydroxyl groups is 1. The summed E-state index contributed by atoms with van der Waals surface area (Å²) < 4.78 is 37.0. The van der Waals surface area contributed by atoms with Crippen LogP contribution in [0.4, 0.5) is 14.6 Å². The summed E-state index contributed by atoms with van der Waals surface area (Å²) in [6.45, 7) is 10.6. The summed E-state index contributed by atoms with van der Waals surface area (Å²) >= 11 is 0. The number of phenols is 1. The summed E-state index contributed by atoms with van der Waals surface area (Å²) in [5, 5.41) is 11.4. The van der Waals surface area contributed by atoms with Crippen LogP contribution in [0.3, 0.4) is 0 Å². The van der Waals surface area contributed by atoms with Gasteiger partial charge < -0.3 is 21.3 Å². The van der Waals surface area contributed by atoms with Gasteiger partial charge in [-0.15, -0.1) is 6.42 Å². The van der Waals surface area contributed by atoms with Gasteiger partial charge in [-0.2, -0.15) is 9.97 Å². The number of rotatable bonds is 5. The van der Waals surface area contributed by atoms with Gasteiger partial charge in [0.2, 0.25) is 0 Å². The van der Waals surface area contributed by atoms with E-state index in [1.54, 1.807) is 0 Å². The molecule has 8 nitrogen and oxygen atoms in total. The van der Waals surface area contributed by atoms with Crippen molar-refractivity contribution in [1.29, 1.82) is 0 Å². The summed E-state index contributed by atoms with van der Waals surface area (Å²) in [5.41, 5.74) is 12.1. The van der Waals surface area contributed by atoms with E-state index in [1.165, 1.54) is 37.1 Å². The maximum atomic E-state index is 16.3. The van der Waals surface area contributed by atoms with Crippen LogP contribution in [-0.4, -0.2) is 56.2 Å². The standard InChI is InChI=1S/C29H27F2N5O2.C5H11N.C2H6/c1-3-18-20(30)8-7-16-13-17(37)14-19(22(16)18)25-24(31)26-23(21(4-2)33-25)27(32)35-28(34-26)38-15-29-9-5-11-36(29)12-6-10-29;1-4-2-5(6)3-4;1-2/h1,7-8,13-14,37H,4-6,9-12,15H2,2H3,(H2,32,34,35);4-5H,2-3,6H2,1H3;1-2H3. The van der Waals surface area contributed by atoms with Crippen LogP contribution in [0, 0.1) is 29.9 Å². The molecule has 5 N–H and O–H groups in total. The van der Waals surface area contributed by atoms with Crippen LogP contribution in [0.2, 0.25) is 0 Å². The molecule has 0 spiro atoms. The van der Waals surface area contributed by atoms with Crippen molar-refractivity contribution in [2.24, 2.45) is 11.7 Å². The zero-order chi connectivity index (χ0) is 33.2. The third-order valence-corrected chi connectivity index (χ3v) is 9.34. The molecule has 0 unspecified atom stereocenters. The average molecular weight is 631 g/mol. The highest BCUT2D eigenvalue weighted by atomic mass is 19.1. The van der Waals surface area contributed by atoms with E-state index in [1.807, 2.05) is 20.8 Å². The lowest BCUT2D eigenvalue weighted by atomic mass is 9.83. The minimum absolute atomic E-state index is 0.00245. The molecule has 3 fully saturated rings. The van der Waals surface area contributed by atoms with Crippen LogP contribution in [0.25, 0.3) is 32.9 Å². The number of benzene rings is 2. The quantitative estimate of drug-likeness (QED) is 0.208.